The molecule has 2 aliphatic rings. The summed E-state index contributed by atoms with van der Waals surface area (Å²) in [6.07, 6.45) is 4.66. The lowest BCUT2D eigenvalue weighted by Gasteiger charge is -2.35. The summed E-state index contributed by atoms with van der Waals surface area (Å²) in [6, 6.07) is 5.52. The summed E-state index contributed by atoms with van der Waals surface area (Å²) in [7, 11) is 1.60. The van der Waals surface area contributed by atoms with Crippen molar-refractivity contribution in [2.75, 3.05) is 24.6 Å². The number of carbonyl (C=O) groups excluding carboxylic acids is 2. The van der Waals surface area contributed by atoms with E-state index in [-0.39, 0.29) is 29.9 Å². The Morgan fingerprint density at radius 1 is 1.42 bits per heavy atom. The predicted molar refractivity (Wildman–Crippen MR) is 140 cm³/mol. The van der Waals surface area contributed by atoms with Crippen LogP contribution in [0.1, 0.15) is 42.2 Å². The maximum Gasteiger partial charge on any atom is 0.310 e. The molecule has 2 saturated heterocycles. The van der Waals surface area contributed by atoms with Gasteiger partial charge in [0.2, 0.25) is 0 Å². The second kappa shape index (κ2) is 10.7. The van der Waals surface area contributed by atoms with Crippen molar-refractivity contribution in [3.05, 3.63) is 56.1 Å². The molecule has 2 aromatic rings. The average molecular weight is 527 g/mol. The highest BCUT2D eigenvalue weighted by Crippen LogP contribution is 2.37. The van der Waals surface area contributed by atoms with Crippen LogP contribution in [0.5, 0.6) is 0 Å². The number of anilines is 1. The third kappa shape index (κ3) is 4.83. The normalized spacial score (nSPS) is 19.2. The van der Waals surface area contributed by atoms with Crippen molar-refractivity contribution in [2.45, 2.75) is 33.2 Å². The number of amides is 1. The summed E-state index contributed by atoms with van der Waals surface area (Å²) in [6.45, 7) is 4.98. The molecule has 1 amide bonds. The van der Waals surface area contributed by atoms with E-state index in [4.69, 9.17) is 21.4 Å². The Balaban J connectivity index is 1.77. The number of hydrogen-bond acceptors (Lipinski definition) is 9. The zero-order valence-electron chi connectivity index (χ0n) is 20.3. The van der Waals surface area contributed by atoms with Crippen LogP contribution >= 0.6 is 24.0 Å². The number of esters is 1. The molecular formula is C25H26N4O5S2. The van der Waals surface area contributed by atoms with E-state index in [1.54, 1.807) is 39.1 Å². The Labute approximate surface area is 218 Å². The molecule has 4 heterocycles. The summed E-state index contributed by atoms with van der Waals surface area (Å²) >= 11 is 6.62. The first-order valence-corrected chi connectivity index (χ1v) is 12.8. The fourth-order valence-electron chi connectivity index (χ4n) is 4.54. The minimum Gasteiger partial charge on any atom is -0.467 e. The highest BCUT2D eigenvalue weighted by molar-refractivity contribution is 8.26. The number of pyridine rings is 1. The first kappa shape index (κ1) is 25.7. The van der Waals surface area contributed by atoms with Crippen molar-refractivity contribution in [1.82, 2.24) is 9.47 Å². The first-order valence-electron chi connectivity index (χ1n) is 11.6. The van der Waals surface area contributed by atoms with Gasteiger partial charge in [0, 0.05) is 25.7 Å². The third-order valence-corrected chi connectivity index (χ3v) is 7.73. The van der Waals surface area contributed by atoms with Crippen molar-refractivity contribution >= 4 is 52.1 Å². The summed E-state index contributed by atoms with van der Waals surface area (Å²) < 4.78 is 12.4. The number of furan rings is 1. The zero-order valence-corrected chi connectivity index (χ0v) is 21.9. The molecule has 4 rings (SSSR count). The number of nitriles is 1. The van der Waals surface area contributed by atoms with Gasteiger partial charge < -0.3 is 14.1 Å². The maximum atomic E-state index is 13.3. The molecule has 2 aliphatic heterocycles. The van der Waals surface area contributed by atoms with Crippen molar-refractivity contribution in [1.29, 1.82) is 5.26 Å². The SMILES string of the molecule is CCOC(=O)C1CCCN(c2c(/C=C3/SC(=S)N(Cc4ccco4)C3=O)c(C)c(C#N)c(=O)n2C)C1. The smallest absolute Gasteiger partial charge is 0.310 e. The highest BCUT2D eigenvalue weighted by atomic mass is 32.2. The number of ether oxygens (including phenoxy) is 1. The summed E-state index contributed by atoms with van der Waals surface area (Å²) in [5, 5.41) is 9.69. The molecule has 11 heteroatoms. The Bertz CT molecular complexity index is 1340. The fraction of sp³-hybridized carbons (Fsp3) is 0.400. The Morgan fingerprint density at radius 2 is 2.19 bits per heavy atom. The van der Waals surface area contributed by atoms with E-state index in [9.17, 15) is 19.6 Å². The fourth-order valence-corrected chi connectivity index (χ4v) is 5.78. The Kier molecular flexibility index (Phi) is 7.66. The number of nitrogens with zero attached hydrogens (tertiary/aromatic N) is 4. The summed E-state index contributed by atoms with van der Waals surface area (Å²) in [5.74, 6) is 0.294. The van der Waals surface area contributed by atoms with Crippen molar-refractivity contribution < 1.29 is 18.7 Å². The molecular weight excluding hydrogens is 500 g/mol. The van der Waals surface area contributed by atoms with Crippen LogP contribution in [0.15, 0.2) is 32.5 Å². The van der Waals surface area contributed by atoms with E-state index in [0.717, 1.165) is 18.2 Å². The summed E-state index contributed by atoms with van der Waals surface area (Å²) in [5.41, 5.74) is 0.644. The van der Waals surface area contributed by atoms with Crippen LogP contribution in [-0.2, 0) is 27.9 Å². The van der Waals surface area contributed by atoms with Gasteiger partial charge in [-0.15, -0.1) is 0 Å². The van der Waals surface area contributed by atoms with Gasteiger partial charge in [0.25, 0.3) is 11.5 Å². The molecule has 2 fully saturated rings. The van der Waals surface area contributed by atoms with Crippen LogP contribution in [0, 0.1) is 24.2 Å². The van der Waals surface area contributed by atoms with Gasteiger partial charge in [0.05, 0.1) is 30.2 Å². The van der Waals surface area contributed by atoms with Crippen LogP contribution in [0.4, 0.5) is 5.82 Å². The lowest BCUT2D eigenvalue weighted by Crippen LogP contribution is -2.42. The molecule has 0 N–H and O–H groups in total. The minimum absolute atomic E-state index is 0.0116. The lowest BCUT2D eigenvalue weighted by molar-refractivity contribution is -0.148. The Hall–Kier alpha value is -3.36. The monoisotopic (exact) mass is 526 g/mol. The van der Waals surface area contributed by atoms with E-state index in [0.29, 0.717) is 58.0 Å². The molecule has 0 saturated carbocycles. The summed E-state index contributed by atoms with van der Waals surface area (Å²) in [4.78, 5) is 42.6. The van der Waals surface area contributed by atoms with E-state index >= 15 is 0 Å². The van der Waals surface area contributed by atoms with Crippen molar-refractivity contribution in [3.63, 3.8) is 0 Å². The van der Waals surface area contributed by atoms with Crippen LogP contribution in [0.3, 0.4) is 0 Å². The molecule has 0 radical (unpaired) electrons. The number of aromatic nitrogens is 1. The van der Waals surface area contributed by atoms with Crippen LogP contribution < -0.4 is 10.5 Å². The first-order chi connectivity index (χ1) is 17.3. The second-order valence-corrected chi connectivity index (χ2v) is 10.3. The van der Waals surface area contributed by atoms with Crippen molar-refractivity contribution in [3.8, 4) is 6.07 Å². The van der Waals surface area contributed by atoms with Gasteiger partial charge in [-0.3, -0.25) is 23.9 Å². The molecule has 0 spiro atoms. The van der Waals surface area contributed by atoms with Gasteiger partial charge in [-0.05, 0) is 50.5 Å². The molecule has 0 aromatic carbocycles. The lowest BCUT2D eigenvalue weighted by atomic mass is 9.96. The quantitative estimate of drug-likeness (QED) is 0.318. The number of piperidine rings is 1. The van der Waals surface area contributed by atoms with Gasteiger partial charge in [-0.1, -0.05) is 24.0 Å². The molecule has 0 bridgehead atoms. The molecule has 9 nitrogen and oxygen atoms in total. The average Bonchev–Trinajstić information content (AvgIpc) is 3.47. The van der Waals surface area contributed by atoms with Gasteiger partial charge in [0.15, 0.2) is 0 Å². The van der Waals surface area contributed by atoms with Gasteiger partial charge in [-0.2, -0.15) is 5.26 Å². The highest BCUT2D eigenvalue weighted by Gasteiger charge is 2.35. The van der Waals surface area contributed by atoms with Gasteiger partial charge in [-0.25, -0.2) is 0 Å². The minimum atomic E-state index is -0.425. The number of hydrogen-bond donors (Lipinski definition) is 0. The second-order valence-electron chi connectivity index (χ2n) is 8.60. The maximum absolute atomic E-state index is 13.3. The molecule has 1 atom stereocenters. The van der Waals surface area contributed by atoms with Gasteiger partial charge in [0.1, 0.15) is 27.5 Å². The number of thiocarbonyl (C=S) groups is 1. The van der Waals surface area contributed by atoms with E-state index in [1.807, 2.05) is 11.0 Å². The van der Waals surface area contributed by atoms with E-state index < -0.39 is 5.56 Å². The number of rotatable bonds is 6. The number of carbonyl (C=O) groups is 2. The molecule has 2 aromatic heterocycles. The largest absolute Gasteiger partial charge is 0.467 e. The predicted octanol–water partition coefficient (Wildman–Crippen LogP) is 3.34. The Morgan fingerprint density at radius 3 is 2.86 bits per heavy atom. The molecule has 188 valence electrons. The van der Waals surface area contributed by atoms with Crippen molar-refractivity contribution in [2.24, 2.45) is 13.0 Å². The van der Waals surface area contributed by atoms with Crippen LogP contribution in [-0.4, -0.2) is 45.4 Å². The zero-order chi connectivity index (χ0) is 26.0. The van der Waals surface area contributed by atoms with Crippen LogP contribution in [0.25, 0.3) is 6.08 Å². The standard InChI is InChI=1S/C25H26N4O5S2/c1-4-33-24(32)16-7-5-9-28(13-16)21-18(15(2)19(12-26)22(30)27(21)3)11-20-23(31)29(25(35)36-20)14-17-8-6-10-34-17/h6,8,10-11,16H,4-5,7,9,13-14H2,1-3H3/b20-11+. The molecule has 1 unspecified atom stereocenters. The van der Waals surface area contributed by atoms with E-state index in [1.165, 1.54) is 15.7 Å². The topological polar surface area (TPSA) is 109 Å². The number of thioether (sulfide) groups is 1. The van der Waals surface area contributed by atoms with Gasteiger partial charge >= 0.3 is 5.97 Å². The van der Waals surface area contributed by atoms with E-state index in [2.05, 4.69) is 0 Å². The third-order valence-electron chi connectivity index (χ3n) is 6.35. The molecule has 36 heavy (non-hydrogen) atoms. The van der Waals surface area contributed by atoms with Crippen LogP contribution in [0.2, 0.25) is 0 Å². The molecule has 0 aliphatic carbocycles.